The highest BCUT2D eigenvalue weighted by Crippen LogP contribution is 2.22. The number of nitrogens with two attached hydrogens (primary N) is 1. The molecule has 1 amide bonds. The third kappa shape index (κ3) is 4.65. The first kappa shape index (κ1) is 13.8. The molecule has 94 valence electrons. The fourth-order valence-electron chi connectivity index (χ4n) is 1.62. The monoisotopic (exact) mass is 254 g/mol. The molecule has 1 aromatic rings. The Morgan fingerprint density at radius 1 is 1.35 bits per heavy atom. The topological polar surface area (TPSA) is 55.1 Å². The molecule has 0 aliphatic heterocycles. The molecule has 17 heavy (non-hydrogen) atoms. The van der Waals surface area contributed by atoms with Gasteiger partial charge in [-0.2, -0.15) is 0 Å². The predicted octanol–water partition coefficient (Wildman–Crippen LogP) is 3.31. The zero-order valence-corrected chi connectivity index (χ0v) is 10.9. The number of benzene rings is 1. The Labute approximate surface area is 107 Å². The SMILES string of the molecule is Cc1cccc(N)c1NC(=O)CCCCCCl. The first-order valence-electron chi connectivity index (χ1n) is 5.86. The molecule has 0 saturated heterocycles. The number of carbonyl (C=O) groups excluding carboxylic acids is 1. The molecule has 0 bridgehead atoms. The molecule has 0 radical (unpaired) electrons. The molecule has 0 aliphatic rings. The third-order valence-electron chi connectivity index (χ3n) is 2.61. The summed E-state index contributed by atoms with van der Waals surface area (Å²) in [6, 6.07) is 5.59. The summed E-state index contributed by atoms with van der Waals surface area (Å²) in [4.78, 5) is 11.7. The Morgan fingerprint density at radius 2 is 2.12 bits per heavy atom. The summed E-state index contributed by atoms with van der Waals surface area (Å²) in [7, 11) is 0. The molecule has 0 unspecified atom stereocenters. The second kappa shape index (κ2) is 7.17. The Morgan fingerprint density at radius 3 is 2.76 bits per heavy atom. The van der Waals surface area contributed by atoms with E-state index in [1.807, 2.05) is 19.1 Å². The number of alkyl halides is 1. The number of unbranched alkanes of at least 4 members (excludes halogenated alkanes) is 2. The van der Waals surface area contributed by atoms with E-state index in [2.05, 4.69) is 5.32 Å². The maximum absolute atomic E-state index is 11.7. The van der Waals surface area contributed by atoms with Crippen molar-refractivity contribution in [2.24, 2.45) is 0 Å². The maximum atomic E-state index is 11.7. The van der Waals surface area contributed by atoms with Crippen LogP contribution in [0.25, 0.3) is 0 Å². The Hall–Kier alpha value is -1.22. The first-order valence-corrected chi connectivity index (χ1v) is 6.39. The zero-order chi connectivity index (χ0) is 12.7. The number of carbonyl (C=O) groups is 1. The molecule has 0 atom stereocenters. The number of hydrogen-bond donors (Lipinski definition) is 2. The molecular weight excluding hydrogens is 236 g/mol. The lowest BCUT2D eigenvalue weighted by molar-refractivity contribution is -0.116. The van der Waals surface area contributed by atoms with Crippen LogP contribution in [-0.2, 0) is 4.79 Å². The average Bonchev–Trinajstić information content (AvgIpc) is 2.30. The third-order valence-corrected chi connectivity index (χ3v) is 2.87. The van der Waals surface area contributed by atoms with Crippen molar-refractivity contribution in [3.05, 3.63) is 23.8 Å². The van der Waals surface area contributed by atoms with Crippen molar-refractivity contribution in [2.45, 2.75) is 32.6 Å². The molecule has 0 fully saturated rings. The number of hydrogen-bond acceptors (Lipinski definition) is 2. The van der Waals surface area contributed by atoms with Crippen molar-refractivity contribution in [3.63, 3.8) is 0 Å². The van der Waals surface area contributed by atoms with E-state index in [0.29, 0.717) is 18.0 Å². The average molecular weight is 255 g/mol. The number of para-hydroxylation sites is 1. The van der Waals surface area contributed by atoms with Crippen LogP contribution < -0.4 is 11.1 Å². The molecule has 0 heterocycles. The highest BCUT2D eigenvalue weighted by molar-refractivity contribution is 6.17. The molecule has 1 aromatic carbocycles. The van der Waals surface area contributed by atoms with Gasteiger partial charge in [-0.15, -0.1) is 11.6 Å². The lowest BCUT2D eigenvalue weighted by Gasteiger charge is -2.10. The Kier molecular flexibility index (Phi) is 5.84. The summed E-state index contributed by atoms with van der Waals surface area (Å²) in [6.07, 6.45) is 3.33. The van der Waals surface area contributed by atoms with E-state index in [1.165, 1.54) is 0 Å². The minimum absolute atomic E-state index is 0.0144. The van der Waals surface area contributed by atoms with Crippen molar-refractivity contribution in [2.75, 3.05) is 16.9 Å². The van der Waals surface area contributed by atoms with E-state index in [4.69, 9.17) is 17.3 Å². The Balaban J connectivity index is 2.45. The van der Waals surface area contributed by atoms with E-state index in [9.17, 15) is 4.79 Å². The standard InChI is InChI=1S/C13H19ClN2O/c1-10-6-5-7-11(15)13(10)16-12(17)8-3-2-4-9-14/h5-7H,2-4,8-9,15H2,1H3,(H,16,17). The van der Waals surface area contributed by atoms with Gasteiger partial charge in [-0.3, -0.25) is 4.79 Å². The number of anilines is 2. The van der Waals surface area contributed by atoms with Crippen LogP contribution in [0, 0.1) is 6.92 Å². The lowest BCUT2D eigenvalue weighted by Crippen LogP contribution is -2.13. The van der Waals surface area contributed by atoms with E-state index < -0.39 is 0 Å². The molecular formula is C13H19ClN2O. The lowest BCUT2D eigenvalue weighted by atomic mass is 10.1. The van der Waals surface area contributed by atoms with Gasteiger partial charge in [0.2, 0.25) is 5.91 Å². The zero-order valence-electron chi connectivity index (χ0n) is 10.1. The summed E-state index contributed by atoms with van der Waals surface area (Å²) in [5.74, 6) is 0.674. The van der Waals surface area contributed by atoms with Crippen molar-refractivity contribution in [1.29, 1.82) is 0 Å². The van der Waals surface area contributed by atoms with Crippen LogP contribution >= 0.6 is 11.6 Å². The second-order valence-corrected chi connectivity index (χ2v) is 4.46. The number of amides is 1. The quantitative estimate of drug-likeness (QED) is 0.465. The number of rotatable bonds is 6. The number of halogens is 1. The number of aryl methyl sites for hydroxylation is 1. The van der Waals surface area contributed by atoms with Gasteiger partial charge in [0.05, 0.1) is 11.4 Å². The summed E-state index contributed by atoms with van der Waals surface area (Å²) in [6.45, 7) is 1.93. The van der Waals surface area contributed by atoms with Gasteiger partial charge in [0.1, 0.15) is 0 Å². The van der Waals surface area contributed by atoms with Crippen LogP contribution in [0.3, 0.4) is 0 Å². The first-order chi connectivity index (χ1) is 8.15. The molecule has 4 heteroatoms. The van der Waals surface area contributed by atoms with Crippen molar-refractivity contribution >= 4 is 28.9 Å². The van der Waals surface area contributed by atoms with Crippen molar-refractivity contribution in [1.82, 2.24) is 0 Å². The van der Waals surface area contributed by atoms with E-state index in [0.717, 1.165) is 30.5 Å². The molecule has 3 N–H and O–H groups in total. The van der Waals surface area contributed by atoms with Crippen LogP contribution in [0.1, 0.15) is 31.2 Å². The smallest absolute Gasteiger partial charge is 0.224 e. The predicted molar refractivity (Wildman–Crippen MR) is 73.4 cm³/mol. The van der Waals surface area contributed by atoms with Gasteiger partial charge in [0.25, 0.3) is 0 Å². The summed E-state index contributed by atoms with van der Waals surface area (Å²) >= 11 is 5.57. The van der Waals surface area contributed by atoms with Gasteiger partial charge in [-0.1, -0.05) is 18.6 Å². The van der Waals surface area contributed by atoms with Crippen molar-refractivity contribution in [3.8, 4) is 0 Å². The van der Waals surface area contributed by atoms with Crippen LogP contribution in [0.15, 0.2) is 18.2 Å². The van der Waals surface area contributed by atoms with Crippen molar-refractivity contribution < 1.29 is 4.79 Å². The summed E-state index contributed by atoms with van der Waals surface area (Å²) in [5, 5.41) is 2.86. The van der Waals surface area contributed by atoms with Crippen LogP contribution in [0.2, 0.25) is 0 Å². The minimum atomic E-state index is 0.0144. The van der Waals surface area contributed by atoms with Gasteiger partial charge in [0, 0.05) is 12.3 Å². The number of nitrogen functional groups attached to an aromatic ring is 1. The van der Waals surface area contributed by atoms with Crippen LogP contribution in [-0.4, -0.2) is 11.8 Å². The van der Waals surface area contributed by atoms with Crippen LogP contribution in [0.4, 0.5) is 11.4 Å². The molecule has 3 nitrogen and oxygen atoms in total. The van der Waals surface area contributed by atoms with Gasteiger partial charge in [-0.05, 0) is 31.4 Å². The highest BCUT2D eigenvalue weighted by Gasteiger charge is 2.07. The summed E-state index contributed by atoms with van der Waals surface area (Å²) in [5.41, 5.74) is 8.14. The van der Waals surface area contributed by atoms with Gasteiger partial charge in [0.15, 0.2) is 0 Å². The maximum Gasteiger partial charge on any atom is 0.224 e. The van der Waals surface area contributed by atoms with E-state index >= 15 is 0 Å². The molecule has 0 spiro atoms. The van der Waals surface area contributed by atoms with Gasteiger partial charge >= 0.3 is 0 Å². The van der Waals surface area contributed by atoms with Gasteiger partial charge < -0.3 is 11.1 Å². The fraction of sp³-hybridized carbons (Fsp3) is 0.462. The normalized spacial score (nSPS) is 10.2. The molecule has 1 rings (SSSR count). The van der Waals surface area contributed by atoms with Crippen LogP contribution in [0.5, 0.6) is 0 Å². The van der Waals surface area contributed by atoms with E-state index in [-0.39, 0.29) is 5.91 Å². The molecule has 0 saturated carbocycles. The Bertz CT molecular complexity index is 359. The fourth-order valence-corrected chi connectivity index (χ4v) is 1.81. The minimum Gasteiger partial charge on any atom is -0.397 e. The number of nitrogens with one attached hydrogen (secondary N) is 1. The highest BCUT2D eigenvalue weighted by atomic mass is 35.5. The summed E-state index contributed by atoms with van der Waals surface area (Å²) < 4.78 is 0. The molecule has 0 aliphatic carbocycles. The largest absolute Gasteiger partial charge is 0.397 e. The van der Waals surface area contributed by atoms with Gasteiger partial charge in [-0.25, -0.2) is 0 Å². The molecule has 0 aromatic heterocycles. The van der Waals surface area contributed by atoms with E-state index in [1.54, 1.807) is 6.07 Å². The second-order valence-electron chi connectivity index (χ2n) is 4.09.